The molecule has 4 unspecified atom stereocenters. The first-order valence-electron chi connectivity index (χ1n) is 8.63. The van der Waals surface area contributed by atoms with E-state index in [1.807, 2.05) is 0 Å². The lowest BCUT2D eigenvalue weighted by molar-refractivity contribution is -0.121. The Labute approximate surface area is 138 Å². The third-order valence-corrected chi connectivity index (χ3v) is 4.87. The highest BCUT2D eigenvalue weighted by molar-refractivity contribution is 5.23. The average Bonchev–Trinajstić information content (AvgIpc) is 2.57. The first kappa shape index (κ1) is 18.2. The lowest BCUT2D eigenvalue weighted by Crippen LogP contribution is -2.47. The summed E-state index contributed by atoms with van der Waals surface area (Å²) in [5.74, 6) is 8.88. The van der Waals surface area contributed by atoms with Crippen LogP contribution in [-0.4, -0.2) is 37.8 Å². The average molecular weight is 324 g/mol. The molecule has 0 bridgehead atoms. The Balaban J connectivity index is 1.72. The van der Waals surface area contributed by atoms with Crippen LogP contribution in [0.5, 0.6) is 0 Å². The minimum Gasteiger partial charge on any atom is -0.375 e. The minimum absolute atomic E-state index is 0.369. The monoisotopic (exact) mass is 324 g/mol. The van der Waals surface area contributed by atoms with Crippen molar-refractivity contribution in [2.24, 2.45) is 11.8 Å². The molecular weight excluding hydrogens is 298 g/mol. The van der Waals surface area contributed by atoms with Crippen LogP contribution < -0.4 is 0 Å². The molecule has 2 rings (SSSR count). The predicted molar refractivity (Wildman–Crippen MR) is 86.2 cm³/mol. The topological polar surface area (TPSA) is 18.5 Å². The molecule has 2 saturated carbocycles. The molecule has 0 radical (unpaired) electrons. The second-order valence-corrected chi connectivity index (χ2v) is 6.46. The number of hydrogen-bond donors (Lipinski definition) is 0. The van der Waals surface area contributed by atoms with E-state index in [1.54, 1.807) is 6.92 Å². The number of ether oxygens (including phenoxy) is 2. The molecular formula is C19H26F2O2. The number of alkyl halides is 2. The predicted octanol–water partition coefficient (Wildman–Crippen LogP) is 3.69. The largest absolute Gasteiger partial charge is 0.375 e. The molecule has 0 N–H and O–H groups in total. The first-order valence-corrected chi connectivity index (χ1v) is 8.63. The zero-order valence-corrected chi connectivity index (χ0v) is 13.8. The van der Waals surface area contributed by atoms with Gasteiger partial charge in [0.15, 0.2) is 12.3 Å². The second-order valence-electron chi connectivity index (χ2n) is 6.46. The van der Waals surface area contributed by atoms with Crippen molar-refractivity contribution in [1.82, 2.24) is 0 Å². The Morgan fingerprint density at radius 1 is 0.957 bits per heavy atom. The highest BCUT2D eigenvalue weighted by atomic mass is 19.2. The van der Waals surface area contributed by atoms with Gasteiger partial charge >= 0.3 is 0 Å². The van der Waals surface area contributed by atoms with Crippen LogP contribution in [0.4, 0.5) is 8.78 Å². The van der Waals surface area contributed by atoms with Crippen molar-refractivity contribution in [3.8, 4) is 24.2 Å². The van der Waals surface area contributed by atoms with Crippen LogP contribution in [0.15, 0.2) is 0 Å². The van der Waals surface area contributed by atoms with Gasteiger partial charge in [-0.25, -0.2) is 8.78 Å². The van der Waals surface area contributed by atoms with Crippen molar-refractivity contribution in [2.75, 3.05) is 13.2 Å². The summed E-state index contributed by atoms with van der Waals surface area (Å²) >= 11 is 0. The molecule has 0 heterocycles. The molecule has 4 heteroatoms. The summed E-state index contributed by atoms with van der Waals surface area (Å²) < 4.78 is 39.1. The fraction of sp³-hybridized carbons (Fsp3) is 0.789. The summed E-state index contributed by atoms with van der Waals surface area (Å²) in [6.45, 7) is 2.72. The molecule has 2 aliphatic carbocycles. The van der Waals surface area contributed by atoms with Crippen molar-refractivity contribution in [1.29, 1.82) is 0 Å². The molecule has 0 aromatic heterocycles. The molecule has 128 valence electrons. The maximum absolute atomic E-state index is 14.2. The van der Waals surface area contributed by atoms with Crippen LogP contribution in [0.2, 0.25) is 0 Å². The van der Waals surface area contributed by atoms with E-state index < -0.39 is 24.6 Å². The van der Waals surface area contributed by atoms with Crippen molar-refractivity contribution >= 4 is 0 Å². The molecule has 2 aliphatic rings. The van der Waals surface area contributed by atoms with Gasteiger partial charge < -0.3 is 9.47 Å². The van der Waals surface area contributed by atoms with Gasteiger partial charge in [0.2, 0.25) is 0 Å². The lowest BCUT2D eigenvalue weighted by Gasteiger charge is -2.35. The van der Waals surface area contributed by atoms with E-state index >= 15 is 0 Å². The van der Waals surface area contributed by atoms with Gasteiger partial charge in [-0.1, -0.05) is 5.92 Å². The number of halogens is 2. The Hall–Kier alpha value is -1.10. The van der Waals surface area contributed by atoms with Crippen molar-refractivity contribution in [2.45, 2.75) is 70.0 Å². The third kappa shape index (κ3) is 5.20. The van der Waals surface area contributed by atoms with Gasteiger partial charge in [-0.3, -0.25) is 0 Å². The van der Waals surface area contributed by atoms with E-state index in [2.05, 4.69) is 17.8 Å². The molecule has 0 aliphatic heterocycles. The molecule has 23 heavy (non-hydrogen) atoms. The zero-order valence-electron chi connectivity index (χ0n) is 13.8. The van der Waals surface area contributed by atoms with Crippen LogP contribution in [0, 0.1) is 36.0 Å². The Morgan fingerprint density at radius 2 is 1.57 bits per heavy atom. The van der Waals surface area contributed by atoms with Crippen LogP contribution in [0.25, 0.3) is 0 Å². The second kappa shape index (κ2) is 9.26. The zero-order chi connectivity index (χ0) is 16.7. The summed E-state index contributed by atoms with van der Waals surface area (Å²) in [5.41, 5.74) is 0. The Kier molecular flexibility index (Phi) is 7.34. The number of rotatable bonds is 5. The van der Waals surface area contributed by atoms with E-state index in [-0.39, 0.29) is 0 Å². The molecule has 2 nitrogen and oxygen atoms in total. The SMILES string of the molecule is C#CC#CC1CCC(COC2CCC(OCC)C(F)C2F)CC1. The van der Waals surface area contributed by atoms with Gasteiger partial charge in [-0.05, 0) is 63.2 Å². The molecule has 0 aromatic carbocycles. The van der Waals surface area contributed by atoms with Crippen LogP contribution in [-0.2, 0) is 9.47 Å². The molecule has 0 spiro atoms. The van der Waals surface area contributed by atoms with E-state index in [1.165, 1.54) is 0 Å². The van der Waals surface area contributed by atoms with Crippen LogP contribution >= 0.6 is 0 Å². The molecule has 0 aromatic rings. The van der Waals surface area contributed by atoms with E-state index in [0.29, 0.717) is 37.9 Å². The van der Waals surface area contributed by atoms with Gasteiger partial charge in [0.25, 0.3) is 0 Å². The summed E-state index contributed by atoms with van der Waals surface area (Å²) in [6, 6.07) is 0. The third-order valence-electron chi connectivity index (χ3n) is 4.87. The quantitative estimate of drug-likeness (QED) is 0.718. The van der Waals surface area contributed by atoms with Gasteiger partial charge in [0.05, 0.1) is 12.2 Å². The highest BCUT2D eigenvalue weighted by Gasteiger charge is 2.41. The lowest BCUT2D eigenvalue weighted by atomic mass is 9.82. The number of terminal acetylenes is 1. The smallest absolute Gasteiger partial charge is 0.160 e. The van der Waals surface area contributed by atoms with Crippen LogP contribution in [0.3, 0.4) is 0 Å². The Bertz CT molecular complexity index is 454. The van der Waals surface area contributed by atoms with Crippen molar-refractivity contribution < 1.29 is 18.3 Å². The molecule has 0 amide bonds. The molecule has 2 fully saturated rings. The first-order chi connectivity index (χ1) is 11.2. The van der Waals surface area contributed by atoms with Crippen molar-refractivity contribution in [3.05, 3.63) is 0 Å². The van der Waals surface area contributed by atoms with E-state index in [9.17, 15) is 8.78 Å². The van der Waals surface area contributed by atoms with Gasteiger partial charge in [-0.15, -0.1) is 6.42 Å². The highest BCUT2D eigenvalue weighted by Crippen LogP contribution is 2.32. The van der Waals surface area contributed by atoms with E-state index in [0.717, 1.165) is 25.7 Å². The molecule has 4 atom stereocenters. The summed E-state index contributed by atoms with van der Waals surface area (Å²) in [4.78, 5) is 0. The van der Waals surface area contributed by atoms with Gasteiger partial charge in [0, 0.05) is 19.1 Å². The van der Waals surface area contributed by atoms with Crippen molar-refractivity contribution in [3.63, 3.8) is 0 Å². The van der Waals surface area contributed by atoms with Crippen LogP contribution in [0.1, 0.15) is 45.4 Å². The van der Waals surface area contributed by atoms with E-state index in [4.69, 9.17) is 15.9 Å². The standard InChI is InChI=1S/C19H26F2O2/c1-3-5-6-14-7-9-15(10-8-14)13-23-17-12-11-16(22-4-2)18(20)19(17)21/h1,14-19H,4,7-13H2,2H3. The van der Waals surface area contributed by atoms with Gasteiger partial charge in [-0.2, -0.15) is 0 Å². The maximum atomic E-state index is 14.2. The fourth-order valence-electron chi connectivity index (χ4n) is 3.50. The summed E-state index contributed by atoms with van der Waals surface area (Å²) in [7, 11) is 0. The minimum atomic E-state index is -1.59. The number of hydrogen-bond acceptors (Lipinski definition) is 2. The van der Waals surface area contributed by atoms with Gasteiger partial charge in [0.1, 0.15) is 0 Å². The fourth-order valence-corrected chi connectivity index (χ4v) is 3.50. The normalized spacial score (nSPS) is 37.5. The summed E-state index contributed by atoms with van der Waals surface area (Å²) in [5, 5.41) is 0. The maximum Gasteiger partial charge on any atom is 0.160 e. The Morgan fingerprint density at radius 3 is 2.13 bits per heavy atom. The summed E-state index contributed by atoms with van der Waals surface area (Å²) in [6.07, 6.45) is 5.78. The molecule has 0 saturated heterocycles.